The van der Waals surface area contributed by atoms with Gasteiger partial charge in [0.05, 0.1) is 6.17 Å². The SMILES string of the molecule is O=C(NC1CC(c2cccc(F)c2)NN1)c1ccc(Cl)cc1. The zero-order chi connectivity index (χ0) is 15.5. The van der Waals surface area contributed by atoms with Crippen LogP contribution in [-0.2, 0) is 0 Å². The van der Waals surface area contributed by atoms with Gasteiger partial charge in [0.1, 0.15) is 5.82 Å². The lowest BCUT2D eigenvalue weighted by atomic mass is 10.0. The fourth-order valence-corrected chi connectivity index (χ4v) is 2.56. The molecule has 2 atom stereocenters. The van der Waals surface area contributed by atoms with Gasteiger partial charge in [0.25, 0.3) is 5.91 Å². The Labute approximate surface area is 132 Å². The van der Waals surface area contributed by atoms with E-state index < -0.39 is 0 Å². The van der Waals surface area contributed by atoms with Crippen molar-refractivity contribution in [3.63, 3.8) is 0 Å². The van der Waals surface area contributed by atoms with E-state index in [9.17, 15) is 9.18 Å². The maximum atomic E-state index is 13.3. The Bertz CT molecular complexity index is 677. The lowest BCUT2D eigenvalue weighted by Gasteiger charge is -2.12. The fraction of sp³-hybridized carbons (Fsp3) is 0.188. The van der Waals surface area contributed by atoms with E-state index >= 15 is 0 Å². The standard InChI is InChI=1S/C16H15ClFN3O/c17-12-6-4-10(5-7-12)16(22)19-15-9-14(20-21-15)11-2-1-3-13(18)8-11/h1-8,14-15,20-21H,9H2,(H,19,22). The summed E-state index contributed by atoms with van der Waals surface area (Å²) in [6, 6.07) is 13.1. The summed E-state index contributed by atoms with van der Waals surface area (Å²) in [5.74, 6) is -0.455. The van der Waals surface area contributed by atoms with Crippen LogP contribution < -0.4 is 16.2 Å². The molecule has 114 valence electrons. The maximum absolute atomic E-state index is 13.3. The smallest absolute Gasteiger partial charge is 0.252 e. The Hall–Kier alpha value is -1.95. The van der Waals surface area contributed by atoms with Crippen LogP contribution in [0.3, 0.4) is 0 Å². The van der Waals surface area contributed by atoms with Gasteiger partial charge in [-0.25, -0.2) is 15.2 Å². The van der Waals surface area contributed by atoms with Crippen molar-refractivity contribution in [1.29, 1.82) is 0 Å². The first kappa shape index (κ1) is 15.0. The molecular weight excluding hydrogens is 305 g/mol. The highest BCUT2D eigenvalue weighted by atomic mass is 35.5. The number of rotatable bonds is 3. The number of carbonyl (C=O) groups excluding carboxylic acids is 1. The van der Waals surface area contributed by atoms with Crippen LogP contribution in [0.4, 0.5) is 4.39 Å². The largest absolute Gasteiger partial charge is 0.335 e. The molecule has 0 aromatic heterocycles. The molecule has 0 bridgehead atoms. The van der Waals surface area contributed by atoms with Crippen molar-refractivity contribution in [1.82, 2.24) is 16.2 Å². The van der Waals surface area contributed by atoms with Gasteiger partial charge in [-0.1, -0.05) is 23.7 Å². The van der Waals surface area contributed by atoms with Crippen LogP contribution in [0.5, 0.6) is 0 Å². The molecule has 2 aromatic carbocycles. The minimum absolute atomic E-state index is 0.0498. The van der Waals surface area contributed by atoms with E-state index in [1.165, 1.54) is 12.1 Å². The van der Waals surface area contributed by atoms with Gasteiger partial charge in [0.15, 0.2) is 0 Å². The van der Waals surface area contributed by atoms with E-state index in [0.29, 0.717) is 17.0 Å². The molecule has 3 N–H and O–H groups in total. The zero-order valence-corrected chi connectivity index (χ0v) is 12.4. The summed E-state index contributed by atoms with van der Waals surface area (Å²) >= 11 is 5.80. The molecule has 4 nitrogen and oxygen atoms in total. The first-order chi connectivity index (χ1) is 10.6. The van der Waals surface area contributed by atoms with Gasteiger partial charge >= 0.3 is 0 Å². The number of halogens is 2. The van der Waals surface area contributed by atoms with Gasteiger partial charge in [0, 0.05) is 23.0 Å². The third-order valence-electron chi connectivity index (χ3n) is 3.57. The summed E-state index contributed by atoms with van der Waals surface area (Å²) in [5.41, 5.74) is 7.46. The van der Waals surface area contributed by atoms with Crippen LogP contribution in [0.15, 0.2) is 48.5 Å². The molecule has 1 fully saturated rings. The topological polar surface area (TPSA) is 53.2 Å². The van der Waals surface area contributed by atoms with Crippen molar-refractivity contribution in [2.75, 3.05) is 0 Å². The molecule has 1 amide bonds. The summed E-state index contributed by atoms with van der Waals surface area (Å²) in [6.45, 7) is 0. The predicted molar refractivity (Wildman–Crippen MR) is 82.7 cm³/mol. The van der Waals surface area contributed by atoms with E-state index in [1.54, 1.807) is 30.3 Å². The van der Waals surface area contributed by atoms with Crippen LogP contribution in [0.1, 0.15) is 28.4 Å². The summed E-state index contributed by atoms with van der Waals surface area (Å²) in [5, 5.41) is 3.47. The zero-order valence-electron chi connectivity index (χ0n) is 11.6. The van der Waals surface area contributed by atoms with Gasteiger partial charge in [-0.2, -0.15) is 0 Å². The van der Waals surface area contributed by atoms with Crippen molar-refractivity contribution < 1.29 is 9.18 Å². The molecule has 0 radical (unpaired) electrons. The number of hydrogen-bond acceptors (Lipinski definition) is 3. The lowest BCUT2D eigenvalue weighted by molar-refractivity contribution is 0.0932. The second-order valence-electron chi connectivity index (χ2n) is 5.16. The van der Waals surface area contributed by atoms with Gasteiger partial charge in [-0.05, 0) is 42.0 Å². The van der Waals surface area contributed by atoms with E-state index in [4.69, 9.17) is 11.6 Å². The molecule has 1 aliphatic heterocycles. The monoisotopic (exact) mass is 319 g/mol. The van der Waals surface area contributed by atoms with Gasteiger partial charge < -0.3 is 5.32 Å². The average Bonchev–Trinajstić information content (AvgIpc) is 2.96. The molecule has 2 unspecified atom stereocenters. The first-order valence-electron chi connectivity index (χ1n) is 6.95. The van der Waals surface area contributed by atoms with Crippen molar-refractivity contribution in [3.8, 4) is 0 Å². The number of carbonyl (C=O) groups is 1. The van der Waals surface area contributed by atoms with Crippen molar-refractivity contribution in [2.45, 2.75) is 18.6 Å². The Morgan fingerprint density at radius 3 is 2.68 bits per heavy atom. The average molecular weight is 320 g/mol. The van der Waals surface area contributed by atoms with Gasteiger partial charge in [-0.15, -0.1) is 0 Å². The van der Waals surface area contributed by atoms with Crippen molar-refractivity contribution in [3.05, 3.63) is 70.5 Å². The lowest BCUT2D eigenvalue weighted by Crippen LogP contribution is -2.44. The Kier molecular flexibility index (Phi) is 4.38. The second kappa shape index (κ2) is 6.44. The highest BCUT2D eigenvalue weighted by molar-refractivity contribution is 6.30. The van der Waals surface area contributed by atoms with E-state index in [2.05, 4.69) is 16.2 Å². The summed E-state index contributed by atoms with van der Waals surface area (Å²) in [4.78, 5) is 12.1. The van der Waals surface area contributed by atoms with E-state index in [0.717, 1.165) is 5.56 Å². The number of nitrogens with one attached hydrogen (secondary N) is 3. The molecule has 1 heterocycles. The Balaban J connectivity index is 1.61. The fourth-order valence-electron chi connectivity index (χ4n) is 2.44. The van der Waals surface area contributed by atoms with Crippen LogP contribution >= 0.6 is 11.6 Å². The quantitative estimate of drug-likeness (QED) is 0.815. The summed E-state index contributed by atoms with van der Waals surface area (Å²) in [6.07, 6.45) is 0.402. The third kappa shape index (κ3) is 3.44. The van der Waals surface area contributed by atoms with Gasteiger partial charge in [0.2, 0.25) is 0 Å². The molecule has 0 saturated carbocycles. The summed E-state index contributed by atoms with van der Waals surface area (Å²) < 4.78 is 13.3. The number of benzene rings is 2. The van der Waals surface area contributed by atoms with Crippen LogP contribution in [0.25, 0.3) is 0 Å². The normalized spacial score (nSPS) is 20.8. The molecule has 22 heavy (non-hydrogen) atoms. The Morgan fingerprint density at radius 1 is 1.18 bits per heavy atom. The van der Waals surface area contributed by atoms with Crippen LogP contribution in [0.2, 0.25) is 5.02 Å². The third-order valence-corrected chi connectivity index (χ3v) is 3.82. The highest BCUT2D eigenvalue weighted by Gasteiger charge is 2.26. The molecule has 1 aliphatic rings. The molecule has 6 heteroatoms. The predicted octanol–water partition coefficient (Wildman–Crippen LogP) is 2.77. The number of hydrogen-bond donors (Lipinski definition) is 3. The molecule has 0 spiro atoms. The van der Waals surface area contributed by atoms with Crippen molar-refractivity contribution >= 4 is 17.5 Å². The molecule has 3 rings (SSSR count). The number of hydrazine groups is 1. The minimum Gasteiger partial charge on any atom is -0.335 e. The van der Waals surface area contributed by atoms with Crippen molar-refractivity contribution in [2.24, 2.45) is 0 Å². The molecule has 0 aliphatic carbocycles. The van der Waals surface area contributed by atoms with Crippen LogP contribution in [0, 0.1) is 5.82 Å². The van der Waals surface area contributed by atoms with E-state index in [-0.39, 0.29) is 23.9 Å². The molecule has 2 aromatic rings. The van der Waals surface area contributed by atoms with E-state index in [1.807, 2.05) is 6.07 Å². The second-order valence-corrected chi connectivity index (χ2v) is 5.60. The molecular formula is C16H15ClFN3O. The highest BCUT2D eigenvalue weighted by Crippen LogP contribution is 2.22. The molecule has 1 saturated heterocycles. The van der Waals surface area contributed by atoms with Crippen LogP contribution in [-0.4, -0.2) is 12.1 Å². The van der Waals surface area contributed by atoms with Gasteiger partial charge in [-0.3, -0.25) is 4.79 Å². The first-order valence-corrected chi connectivity index (χ1v) is 7.32. The summed E-state index contributed by atoms with van der Waals surface area (Å²) in [7, 11) is 0. The Morgan fingerprint density at radius 2 is 1.95 bits per heavy atom. The maximum Gasteiger partial charge on any atom is 0.252 e. The number of amides is 1. The minimum atomic E-state index is -0.270.